The maximum Gasteiger partial charge on any atom is 0.195 e. The molecule has 0 amide bonds. The highest BCUT2D eigenvalue weighted by Gasteiger charge is 2.36. The molecule has 0 aromatic carbocycles. The summed E-state index contributed by atoms with van der Waals surface area (Å²) < 4.78 is 5.71. The predicted molar refractivity (Wildman–Crippen MR) is 68.3 cm³/mol. The molecule has 0 saturated heterocycles. The highest BCUT2D eigenvalue weighted by Crippen LogP contribution is 2.27. The second-order valence-electron chi connectivity index (χ2n) is 3.91. The number of hydrogen-bond donors (Lipinski definition) is 0. The zero-order valence-corrected chi connectivity index (χ0v) is 11.3. The number of ether oxygens (including phenoxy) is 1. The standard InChI is InChI=1S/C13H20O2S/c1-5-13(6-2,15-7-3)12(14)11-8-10(4)16-9-11/h8-9H,5-7H2,1-4H3. The molecular formula is C13H20O2S. The van der Waals surface area contributed by atoms with Gasteiger partial charge >= 0.3 is 0 Å². The van der Waals surface area contributed by atoms with Crippen molar-refractivity contribution in [3.8, 4) is 0 Å². The Morgan fingerprint density at radius 1 is 1.38 bits per heavy atom. The Balaban J connectivity index is 2.99. The third-order valence-electron chi connectivity index (χ3n) is 2.97. The first kappa shape index (κ1) is 13.4. The molecule has 16 heavy (non-hydrogen) atoms. The van der Waals surface area contributed by atoms with Crippen molar-refractivity contribution in [2.45, 2.75) is 46.1 Å². The molecule has 0 radical (unpaired) electrons. The largest absolute Gasteiger partial charge is 0.367 e. The molecular weight excluding hydrogens is 220 g/mol. The fourth-order valence-corrected chi connectivity index (χ4v) is 2.63. The molecule has 0 aliphatic rings. The number of Topliss-reactive ketones (excluding diaryl/α,β-unsaturated/α-hetero) is 1. The van der Waals surface area contributed by atoms with Crippen molar-refractivity contribution >= 4 is 17.1 Å². The van der Waals surface area contributed by atoms with Crippen molar-refractivity contribution in [2.75, 3.05) is 6.61 Å². The minimum Gasteiger partial charge on any atom is -0.367 e. The van der Waals surface area contributed by atoms with Crippen LogP contribution in [-0.4, -0.2) is 18.0 Å². The number of rotatable bonds is 6. The maximum atomic E-state index is 12.4. The molecule has 1 aromatic rings. The minimum atomic E-state index is -0.623. The lowest BCUT2D eigenvalue weighted by Crippen LogP contribution is -2.40. The summed E-state index contributed by atoms with van der Waals surface area (Å²) in [5.41, 5.74) is 0.169. The van der Waals surface area contributed by atoms with Gasteiger partial charge in [0, 0.05) is 22.4 Å². The van der Waals surface area contributed by atoms with E-state index in [1.165, 1.54) is 4.88 Å². The van der Waals surface area contributed by atoms with Gasteiger partial charge < -0.3 is 4.74 Å². The van der Waals surface area contributed by atoms with Crippen LogP contribution in [0.3, 0.4) is 0 Å². The molecule has 1 heterocycles. The summed E-state index contributed by atoms with van der Waals surface area (Å²) >= 11 is 1.61. The predicted octanol–water partition coefficient (Wildman–Crippen LogP) is 3.83. The Morgan fingerprint density at radius 3 is 2.38 bits per heavy atom. The SMILES string of the molecule is CCOC(CC)(CC)C(=O)c1csc(C)c1. The Bertz CT molecular complexity index is 351. The van der Waals surface area contributed by atoms with Gasteiger partial charge in [-0.15, -0.1) is 11.3 Å². The van der Waals surface area contributed by atoms with Crippen LogP contribution in [0.25, 0.3) is 0 Å². The van der Waals surface area contributed by atoms with Gasteiger partial charge in [0.2, 0.25) is 0 Å². The van der Waals surface area contributed by atoms with Crippen LogP contribution in [0.4, 0.5) is 0 Å². The van der Waals surface area contributed by atoms with Crippen molar-refractivity contribution in [3.63, 3.8) is 0 Å². The van der Waals surface area contributed by atoms with Gasteiger partial charge in [-0.3, -0.25) is 4.79 Å². The summed E-state index contributed by atoms with van der Waals surface area (Å²) in [4.78, 5) is 13.6. The lowest BCUT2D eigenvalue weighted by molar-refractivity contribution is -0.0250. The van der Waals surface area contributed by atoms with E-state index in [4.69, 9.17) is 4.74 Å². The number of ketones is 1. The normalized spacial score (nSPS) is 11.8. The monoisotopic (exact) mass is 240 g/mol. The summed E-state index contributed by atoms with van der Waals surface area (Å²) in [5.74, 6) is 0.128. The zero-order valence-electron chi connectivity index (χ0n) is 10.5. The van der Waals surface area contributed by atoms with Crippen LogP contribution < -0.4 is 0 Å². The number of hydrogen-bond acceptors (Lipinski definition) is 3. The van der Waals surface area contributed by atoms with Crippen LogP contribution in [0.2, 0.25) is 0 Å². The highest BCUT2D eigenvalue weighted by atomic mass is 32.1. The zero-order chi connectivity index (χ0) is 12.2. The molecule has 0 aliphatic heterocycles. The molecule has 0 unspecified atom stereocenters. The Morgan fingerprint density at radius 2 is 2.00 bits per heavy atom. The summed E-state index contributed by atoms with van der Waals surface area (Å²) in [7, 11) is 0. The third kappa shape index (κ3) is 2.53. The van der Waals surface area contributed by atoms with Crippen molar-refractivity contribution < 1.29 is 9.53 Å². The molecule has 0 N–H and O–H groups in total. The molecule has 0 fully saturated rings. The quantitative estimate of drug-likeness (QED) is 0.706. The third-order valence-corrected chi connectivity index (χ3v) is 3.83. The molecule has 90 valence electrons. The number of carbonyl (C=O) groups is 1. The van der Waals surface area contributed by atoms with Crippen LogP contribution in [0.1, 0.15) is 48.8 Å². The average molecular weight is 240 g/mol. The summed E-state index contributed by atoms with van der Waals surface area (Å²) in [5, 5.41) is 1.93. The van der Waals surface area contributed by atoms with Crippen molar-refractivity contribution in [3.05, 3.63) is 21.9 Å². The second kappa shape index (κ2) is 5.60. The van der Waals surface area contributed by atoms with Crippen molar-refractivity contribution in [1.29, 1.82) is 0 Å². The van der Waals surface area contributed by atoms with E-state index in [1.807, 2.05) is 39.1 Å². The van der Waals surface area contributed by atoms with E-state index in [0.29, 0.717) is 6.61 Å². The van der Waals surface area contributed by atoms with E-state index in [9.17, 15) is 4.79 Å². The van der Waals surface area contributed by atoms with Crippen LogP contribution in [-0.2, 0) is 4.74 Å². The Labute approximate surface area is 102 Å². The molecule has 1 aromatic heterocycles. The maximum absolute atomic E-state index is 12.4. The first-order valence-electron chi connectivity index (χ1n) is 5.83. The molecule has 0 bridgehead atoms. The average Bonchev–Trinajstić information content (AvgIpc) is 2.72. The second-order valence-corrected chi connectivity index (χ2v) is 5.02. The fraction of sp³-hybridized carbons (Fsp3) is 0.615. The lowest BCUT2D eigenvalue weighted by Gasteiger charge is -2.29. The van der Waals surface area contributed by atoms with E-state index in [1.54, 1.807) is 11.3 Å². The molecule has 2 nitrogen and oxygen atoms in total. The smallest absolute Gasteiger partial charge is 0.195 e. The summed E-state index contributed by atoms with van der Waals surface area (Å²) in [6.07, 6.45) is 1.45. The van der Waals surface area contributed by atoms with E-state index in [-0.39, 0.29) is 5.78 Å². The minimum absolute atomic E-state index is 0.128. The molecule has 0 spiro atoms. The summed E-state index contributed by atoms with van der Waals surface area (Å²) in [6.45, 7) is 8.55. The number of thiophene rings is 1. The molecule has 3 heteroatoms. The van der Waals surface area contributed by atoms with Crippen molar-refractivity contribution in [2.24, 2.45) is 0 Å². The van der Waals surface area contributed by atoms with Gasteiger partial charge in [-0.1, -0.05) is 13.8 Å². The van der Waals surface area contributed by atoms with Gasteiger partial charge in [0.25, 0.3) is 0 Å². The molecule has 0 aliphatic carbocycles. The van der Waals surface area contributed by atoms with Gasteiger partial charge in [0.15, 0.2) is 5.78 Å². The number of aryl methyl sites for hydroxylation is 1. The highest BCUT2D eigenvalue weighted by molar-refractivity contribution is 7.10. The summed E-state index contributed by atoms with van der Waals surface area (Å²) in [6, 6.07) is 1.95. The van der Waals surface area contributed by atoms with Gasteiger partial charge in [0.05, 0.1) is 0 Å². The topological polar surface area (TPSA) is 26.3 Å². The first-order valence-corrected chi connectivity index (χ1v) is 6.71. The van der Waals surface area contributed by atoms with Crippen LogP contribution >= 0.6 is 11.3 Å². The van der Waals surface area contributed by atoms with E-state index < -0.39 is 5.60 Å². The molecule has 1 rings (SSSR count). The van der Waals surface area contributed by atoms with Gasteiger partial charge in [-0.2, -0.15) is 0 Å². The van der Waals surface area contributed by atoms with E-state index >= 15 is 0 Å². The lowest BCUT2D eigenvalue weighted by atomic mass is 9.88. The first-order chi connectivity index (χ1) is 7.59. The van der Waals surface area contributed by atoms with Gasteiger partial charge in [-0.05, 0) is 32.8 Å². The van der Waals surface area contributed by atoms with Crippen molar-refractivity contribution in [1.82, 2.24) is 0 Å². The Hall–Kier alpha value is -0.670. The van der Waals surface area contributed by atoms with Crippen LogP contribution in [0.5, 0.6) is 0 Å². The Kier molecular flexibility index (Phi) is 4.69. The van der Waals surface area contributed by atoms with Crippen LogP contribution in [0.15, 0.2) is 11.4 Å². The molecule has 0 saturated carbocycles. The van der Waals surface area contributed by atoms with Crippen LogP contribution in [0, 0.1) is 6.92 Å². The van der Waals surface area contributed by atoms with E-state index in [0.717, 1.165) is 18.4 Å². The van der Waals surface area contributed by atoms with Gasteiger partial charge in [0.1, 0.15) is 5.60 Å². The van der Waals surface area contributed by atoms with E-state index in [2.05, 4.69) is 0 Å². The number of carbonyl (C=O) groups excluding carboxylic acids is 1. The fourth-order valence-electron chi connectivity index (χ4n) is 1.94. The molecule has 0 atom stereocenters. The van der Waals surface area contributed by atoms with Gasteiger partial charge in [-0.25, -0.2) is 0 Å².